The van der Waals surface area contributed by atoms with Crippen molar-refractivity contribution in [2.45, 2.75) is 48.8 Å². The van der Waals surface area contributed by atoms with Crippen molar-refractivity contribution in [2.75, 3.05) is 11.9 Å². The first-order valence-electron chi connectivity index (χ1n) is 6.99. The highest BCUT2D eigenvalue weighted by molar-refractivity contribution is 9.10. The molecule has 0 radical (unpaired) electrons. The molecule has 0 aliphatic heterocycles. The fourth-order valence-corrected chi connectivity index (χ4v) is 3.84. The lowest BCUT2D eigenvalue weighted by Gasteiger charge is -2.11. The molecule has 0 unspecified atom stereocenters. The van der Waals surface area contributed by atoms with Crippen LogP contribution in [0.15, 0.2) is 21.0 Å². The molecule has 21 heavy (non-hydrogen) atoms. The quantitative estimate of drug-likeness (QED) is 0.811. The van der Waals surface area contributed by atoms with E-state index >= 15 is 0 Å². The molecule has 3 rings (SSSR count). The van der Waals surface area contributed by atoms with Crippen molar-refractivity contribution < 1.29 is 0 Å². The fraction of sp³-hybridized carbons (Fsp3) is 0.583. The number of tetrazole rings is 1. The van der Waals surface area contributed by atoms with E-state index in [1.54, 1.807) is 6.33 Å². The summed E-state index contributed by atoms with van der Waals surface area (Å²) in [5.41, 5.74) is 0. The van der Waals surface area contributed by atoms with Gasteiger partial charge in [-0.2, -0.15) is 0 Å². The Kier molecular flexibility index (Phi) is 4.69. The molecule has 0 atom stereocenters. The van der Waals surface area contributed by atoms with Gasteiger partial charge in [0.25, 0.3) is 0 Å². The number of anilines is 1. The minimum Gasteiger partial charge on any atom is -0.369 e. The van der Waals surface area contributed by atoms with Crippen molar-refractivity contribution in [3.8, 4) is 0 Å². The van der Waals surface area contributed by atoms with Gasteiger partial charge in [0.1, 0.15) is 17.2 Å². The van der Waals surface area contributed by atoms with Crippen molar-refractivity contribution >= 4 is 33.5 Å². The maximum absolute atomic E-state index is 4.32. The van der Waals surface area contributed by atoms with E-state index in [9.17, 15) is 0 Å². The van der Waals surface area contributed by atoms with Gasteiger partial charge in [-0.25, -0.2) is 14.6 Å². The second kappa shape index (κ2) is 6.69. The first-order valence-corrected chi connectivity index (χ1v) is 8.60. The molecule has 2 aromatic rings. The summed E-state index contributed by atoms with van der Waals surface area (Å²) in [6.07, 6.45) is 6.33. The number of aromatic nitrogens is 6. The largest absolute Gasteiger partial charge is 0.369 e. The third-order valence-electron chi connectivity index (χ3n) is 3.42. The van der Waals surface area contributed by atoms with Gasteiger partial charge in [0.15, 0.2) is 0 Å². The van der Waals surface area contributed by atoms with Crippen LogP contribution in [-0.2, 0) is 0 Å². The summed E-state index contributed by atoms with van der Waals surface area (Å²) >= 11 is 5.01. The van der Waals surface area contributed by atoms with Gasteiger partial charge in [0.05, 0.1) is 10.5 Å². The molecule has 112 valence electrons. The summed E-state index contributed by atoms with van der Waals surface area (Å²) in [6.45, 7) is 2.83. The zero-order valence-corrected chi connectivity index (χ0v) is 14.1. The highest BCUT2D eigenvalue weighted by Gasteiger charge is 2.23. The van der Waals surface area contributed by atoms with Crippen molar-refractivity contribution in [3.05, 3.63) is 10.8 Å². The number of hydrogen-bond acceptors (Lipinski definition) is 7. The Morgan fingerprint density at radius 1 is 1.38 bits per heavy atom. The van der Waals surface area contributed by atoms with Gasteiger partial charge in [-0.3, -0.25) is 0 Å². The van der Waals surface area contributed by atoms with Gasteiger partial charge >= 0.3 is 0 Å². The molecule has 0 bridgehead atoms. The van der Waals surface area contributed by atoms with Crippen LogP contribution in [-0.4, -0.2) is 36.7 Å². The molecule has 1 aliphatic rings. The normalized spacial score (nSPS) is 15.5. The molecule has 9 heteroatoms. The summed E-state index contributed by atoms with van der Waals surface area (Å²) in [5, 5.41) is 16.9. The molecular formula is C12H16BrN7S. The summed E-state index contributed by atoms with van der Waals surface area (Å²) in [7, 11) is 0. The van der Waals surface area contributed by atoms with Gasteiger partial charge in [-0.15, -0.1) is 5.10 Å². The molecule has 1 aliphatic carbocycles. The summed E-state index contributed by atoms with van der Waals surface area (Å²) in [5.74, 6) is 0.787. The second-order valence-electron chi connectivity index (χ2n) is 4.82. The van der Waals surface area contributed by atoms with Crippen molar-refractivity contribution in [1.82, 2.24) is 30.2 Å². The number of rotatable bonds is 5. The predicted octanol–water partition coefficient (Wildman–Crippen LogP) is 2.92. The highest BCUT2D eigenvalue weighted by Crippen LogP contribution is 2.36. The highest BCUT2D eigenvalue weighted by atomic mass is 79.9. The molecule has 0 aromatic carbocycles. The number of hydrogen-bond donors (Lipinski definition) is 1. The van der Waals surface area contributed by atoms with E-state index in [0.717, 1.165) is 39.9 Å². The molecule has 1 N–H and O–H groups in total. The molecule has 0 spiro atoms. The SMILES string of the molecule is CCNc1ncnc(Sc2nnnn2C2CCCC2)c1Br. The van der Waals surface area contributed by atoms with Gasteiger partial charge in [-0.05, 0) is 57.9 Å². The van der Waals surface area contributed by atoms with Crippen LogP contribution in [0.4, 0.5) is 5.82 Å². The van der Waals surface area contributed by atoms with Crippen LogP contribution in [0.5, 0.6) is 0 Å². The Balaban J connectivity index is 1.84. The van der Waals surface area contributed by atoms with Crippen LogP contribution in [0.1, 0.15) is 38.6 Å². The molecule has 0 saturated heterocycles. The van der Waals surface area contributed by atoms with Crippen molar-refractivity contribution in [2.24, 2.45) is 0 Å². The van der Waals surface area contributed by atoms with E-state index in [0.29, 0.717) is 6.04 Å². The average Bonchev–Trinajstić information content (AvgIpc) is 3.14. The van der Waals surface area contributed by atoms with E-state index < -0.39 is 0 Å². The smallest absolute Gasteiger partial charge is 0.215 e. The van der Waals surface area contributed by atoms with Gasteiger partial charge < -0.3 is 5.32 Å². The minimum absolute atomic E-state index is 0.413. The Bertz CT molecular complexity index is 611. The Hall–Kier alpha value is -1.22. The van der Waals surface area contributed by atoms with Gasteiger partial charge in [0, 0.05) is 6.54 Å². The molecule has 1 saturated carbocycles. The molecule has 2 heterocycles. The lowest BCUT2D eigenvalue weighted by Crippen LogP contribution is -2.08. The minimum atomic E-state index is 0.413. The van der Waals surface area contributed by atoms with Crippen LogP contribution in [0, 0.1) is 0 Å². The summed E-state index contributed by atoms with van der Waals surface area (Å²) in [6, 6.07) is 0.413. The third kappa shape index (κ3) is 3.18. The van der Waals surface area contributed by atoms with Crippen LogP contribution < -0.4 is 5.32 Å². The third-order valence-corrected chi connectivity index (χ3v) is 5.39. The van der Waals surface area contributed by atoms with E-state index in [2.05, 4.69) is 46.7 Å². The molecule has 1 fully saturated rings. The first-order chi connectivity index (χ1) is 10.3. The second-order valence-corrected chi connectivity index (χ2v) is 6.57. The zero-order chi connectivity index (χ0) is 14.7. The first kappa shape index (κ1) is 14.7. The topological polar surface area (TPSA) is 81.4 Å². The van der Waals surface area contributed by atoms with Gasteiger partial charge in [0.2, 0.25) is 5.16 Å². The predicted molar refractivity (Wildman–Crippen MR) is 83.3 cm³/mol. The maximum Gasteiger partial charge on any atom is 0.215 e. The molecule has 0 amide bonds. The van der Waals surface area contributed by atoms with Crippen LogP contribution in [0.25, 0.3) is 0 Å². The van der Waals surface area contributed by atoms with Crippen LogP contribution >= 0.6 is 27.7 Å². The molecular weight excluding hydrogens is 354 g/mol. The summed E-state index contributed by atoms with van der Waals surface area (Å²) in [4.78, 5) is 8.54. The van der Waals surface area contributed by atoms with E-state index in [4.69, 9.17) is 0 Å². The number of halogens is 1. The summed E-state index contributed by atoms with van der Waals surface area (Å²) < 4.78 is 2.77. The van der Waals surface area contributed by atoms with Gasteiger partial charge in [-0.1, -0.05) is 12.8 Å². The Labute approximate surface area is 135 Å². The Morgan fingerprint density at radius 3 is 2.95 bits per heavy atom. The van der Waals surface area contributed by atoms with Crippen molar-refractivity contribution in [3.63, 3.8) is 0 Å². The lowest BCUT2D eigenvalue weighted by atomic mass is 10.3. The lowest BCUT2D eigenvalue weighted by molar-refractivity contribution is 0.423. The number of nitrogens with zero attached hydrogens (tertiary/aromatic N) is 6. The molecule has 7 nitrogen and oxygen atoms in total. The average molecular weight is 370 g/mol. The zero-order valence-electron chi connectivity index (χ0n) is 11.7. The standard InChI is InChI=1S/C12H16BrN7S/c1-2-14-10-9(13)11(16-7-15-10)21-12-17-18-19-20(12)8-5-3-4-6-8/h7-8H,2-6H2,1H3,(H,14,15,16). The molecule has 2 aromatic heterocycles. The number of nitrogens with one attached hydrogen (secondary N) is 1. The maximum atomic E-state index is 4.32. The Morgan fingerprint density at radius 2 is 2.19 bits per heavy atom. The fourth-order valence-electron chi connectivity index (χ4n) is 2.43. The monoisotopic (exact) mass is 369 g/mol. The van der Waals surface area contributed by atoms with E-state index in [1.807, 2.05) is 11.6 Å². The van der Waals surface area contributed by atoms with Crippen LogP contribution in [0.3, 0.4) is 0 Å². The van der Waals surface area contributed by atoms with E-state index in [-0.39, 0.29) is 0 Å². The van der Waals surface area contributed by atoms with E-state index in [1.165, 1.54) is 24.6 Å². The van der Waals surface area contributed by atoms with Crippen molar-refractivity contribution in [1.29, 1.82) is 0 Å². The van der Waals surface area contributed by atoms with Crippen LogP contribution in [0.2, 0.25) is 0 Å².